The summed E-state index contributed by atoms with van der Waals surface area (Å²) in [5.41, 5.74) is 14.7. The van der Waals surface area contributed by atoms with E-state index in [-0.39, 0.29) is 0 Å². The van der Waals surface area contributed by atoms with E-state index in [0.717, 1.165) is 0 Å². The number of hydrogen-bond donors (Lipinski definition) is 0. The highest BCUT2D eigenvalue weighted by molar-refractivity contribution is 6.04. The van der Waals surface area contributed by atoms with E-state index in [1.54, 1.807) is 0 Å². The normalized spacial score (nSPS) is 13.1. The Morgan fingerprint density at radius 2 is 0.640 bits per heavy atom. The van der Waals surface area contributed by atoms with Gasteiger partial charge in [0.25, 0.3) is 0 Å². The molecule has 0 saturated heterocycles. The topological polar surface area (TPSA) is 12.5 Å². The van der Waals surface area contributed by atoms with Crippen LogP contribution in [-0.4, -0.2) is 77.0 Å². The molecule has 6 rings (SSSR count). The van der Waals surface area contributed by atoms with Crippen LogP contribution >= 0.6 is 0 Å². The van der Waals surface area contributed by atoms with Crippen LogP contribution in [0.1, 0.15) is 22.3 Å². The van der Waals surface area contributed by atoms with Gasteiger partial charge >= 0.3 is 0 Å². The van der Waals surface area contributed by atoms with E-state index < -0.39 is 0 Å². The Bertz CT molecular complexity index is 1840. The van der Waals surface area contributed by atoms with Gasteiger partial charge in [-0.3, -0.25) is 0 Å². The monoisotopic (exact) mass is 658 g/mol. The molecule has 0 heterocycles. The molecule has 0 unspecified atom stereocenters. The summed E-state index contributed by atoms with van der Waals surface area (Å²) >= 11 is 0. The minimum Gasteiger partial charge on any atom is -0.378 e. The molecule has 252 valence electrons. The molecule has 0 radical (unpaired) electrons. The van der Waals surface area contributed by atoms with Crippen LogP contribution in [0.2, 0.25) is 0 Å². The molecular formula is C46H50N4+2. The highest BCUT2D eigenvalue weighted by Gasteiger charge is 2.14. The average molecular weight is 659 g/mol. The first kappa shape index (κ1) is 35.6. The lowest BCUT2D eigenvalue weighted by atomic mass is 9.90. The van der Waals surface area contributed by atoms with Crippen molar-refractivity contribution in [2.75, 3.05) is 66.2 Å². The van der Waals surface area contributed by atoms with Gasteiger partial charge in [-0.05, 0) is 93.1 Å². The van der Waals surface area contributed by atoms with Crippen molar-refractivity contribution < 1.29 is 9.15 Å². The van der Waals surface area contributed by atoms with E-state index in [2.05, 4.69) is 233 Å². The van der Waals surface area contributed by atoms with Crippen LogP contribution in [-0.2, 0) is 0 Å². The average Bonchev–Trinajstić information content (AvgIpc) is 3.14. The molecule has 0 fully saturated rings. The highest BCUT2D eigenvalue weighted by atomic mass is 15.1. The van der Waals surface area contributed by atoms with E-state index in [1.165, 1.54) is 67.3 Å². The van der Waals surface area contributed by atoms with Gasteiger partial charge in [0.2, 0.25) is 0 Å². The van der Waals surface area contributed by atoms with Gasteiger partial charge in [-0.2, -0.15) is 0 Å². The molecule has 0 bridgehead atoms. The van der Waals surface area contributed by atoms with E-state index >= 15 is 0 Å². The van der Waals surface area contributed by atoms with E-state index in [1.807, 2.05) is 0 Å². The highest BCUT2D eigenvalue weighted by Crippen LogP contribution is 2.32. The third kappa shape index (κ3) is 8.83. The zero-order valence-corrected chi connectivity index (χ0v) is 30.8. The molecule has 2 aliphatic carbocycles. The Hall–Kier alpha value is -5.74. The molecule has 0 atom stereocenters. The Kier molecular flexibility index (Phi) is 11.8. The predicted octanol–water partition coefficient (Wildman–Crippen LogP) is 8.79. The molecule has 4 nitrogen and oxygen atoms in total. The van der Waals surface area contributed by atoms with Crippen molar-refractivity contribution in [2.24, 2.45) is 0 Å². The first-order valence-electron chi connectivity index (χ1n) is 17.1. The van der Waals surface area contributed by atoms with Gasteiger partial charge < -0.3 is 9.80 Å². The van der Waals surface area contributed by atoms with Crippen molar-refractivity contribution in [3.8, 4) is 0 Å². The van der Waals surface area contributed by atoms with Gasteiger partial charge in [0.15, 0.2) is 11.4 Å². The smallest absolute Gasteiger partial charge is 0.199 e. The number of hydrogen-bond acceptors (Lipinski definition) is 2. The summed E-state index contributed by atoms with van der Waals surface area (Å²) in [6.07, 6.45) is 17.5. The SMILES string of the molecule is CN(C)c1ccc(C(=C2C=CC(=[N+](C)C)C=C2)c2ccccc2)cc1.CN(C)c1ccc(C(=C2C=CC(=[N+](C)C)C=C2)c2ccccc2)cc1. The van der Waals surface area contributed by atoms with E-state index in [4.69, 9.17) is 0 Å². The molecule has 0 aromatic heterocycles. The zero-order valence-electron chi connectivity index (χ0n) is 30.8. The second kappa shape index (κ2) is 16.6. The maximum atomic E-state index is 2.21. The fraction of sp³-hybridized carbons (Fsp3) is 0.174. The van der Waals surface area contributed by atoms with Crippen molar-refractivity contribution in [2.45, 2.75) is 0 Å². The van der Waals surface area contributed by atoms with E-state index in [0.29, 0.717) is 0 Å². The van der Waals surface area contributed by atoms with Crippen molar-refractivity contribution in [1.29, 1.82) is 0 Å². The van der Waals surface area contributed by atoms with Crippen LogP contribution in [0, 0.1) is 0 Å². The summed E-state index contributed by atoms with van der Waals surface area (Å²) in [5, 5.41) is 0. The molecule has 0 N–H and O–H groups in total. The van der Waals surface area contributed by atoms with Crippen molar-refractivity contribution in [3.63, 3.8) is 0 Å². The second-order valence-corrected chi connectivity index (χ2v) is 13.2. The van der Waals surface area contributed by atoms with Crippen molar-refractivity contribution in [3.05, 3.63) is 191 Å². The zero-order chi connectivity index (χ0) is 35.6. The van der Waals surface area contributed by atoms with Crippen LogP contribution in [0.5, 0.6) is 0 Å². The third-order valence-electron chi connectivity index (χ3n) is 8.81. The fourth-order valence-electron chi connectivity index (χ4n) is 5.91. The van der Waals surface area contributed by atoms with Crippen molar-refractivity contribution in [1.82, 2.24) is 0 Å². The van der Waals surface area contributed by atoms with Gasteiger partial charge in [0.1, 0.15) is 28.2 Å². The first-order valence-corrected chi connectivity index (χ1v) is 17.1. The Morgan fingerprint density at radius 1 is 0.360 bits per heavy atom. The number of rotatable bonds is 6. The molecule has 0 spiro atoms. The molecule has 4 aromatic rings. The largest absolute Gasteiger partial charge is 0.378 e. The van der Waals surface area contributed by atoms with Gasteiger partial charge in [-0.1, -0.05) is 84.9 Å². The molecule has 4 heteroatoms. The maximum Gasteiger partial charge on any atom is 0.199 e. The molecule has 0 amide bonds. The molecule has 0 saturated carbocycles. The van der Waals surface area contributed by atoms with Crippen LogP contribution in [0.3, 0.4) is 0 Å². The lowest BCUT2D eigenvalue weighted by molar-refractivity contribution is -0.462. The minimum absolute atomic E-state index is 1.21. The predicted molar refractivity (Wildman–Crippen MR) is 217 cm³/mol. The lowest BCUT2D eigenvalue weighted by Crippen LogP contribution is -2.10. The van der Waals surface area contributed by atoms with Gasteiger partial charge in [-0.25, -0.2) is 9.15 Å². The molecular weight excluding hydrogens is 609 g/mol. The first-order chi connectivity index (χ1) is 24.1. The summed E-state index contributed by atoms with van der Waals surface area (Å²) in [6, 6.07) is 38.7. The van der Waals surface area contributed by atoms with Crippen LogP contribution in [0.4, 0.5) is 11.4 Å². The fourth-order valence-corrected chi connectivity index (χ4v) is 5.91. The number of anilines is 2. The van der Waals surface area contributed by atoms with Gasteiger partial charge in [-0.15, -0.1) is 0 Å². The summed E-state index contributed by atoms with van der Waals surface area (Å²) in [4.78, 5) is 4.25. The lowest BCUT2D eigenvalue weighted by Gasteiger charge is -2.16. The minimum atomic E-state index is 1.21. The van der Waals surface area contributed by atoms with Gasteiger partial charge in [0, 0.05) is 63.9 Å². The number of allylic oxidation sites excluding steroid dienone is 10. The second-order valence-electron chi connectivity index (χ2n) is 13.2. The molecule has 4 aromatic carbocycles. The van der Waals surface area contributed by atoms with Gasteiger partial charge in [0.05, 0.1) is 0 Å². The summed E-state index contributed by atoms with van der Waals surface area (Å²) in [7, 11) is 16.5. The third-order valence-corrected chi connectivity index (χ3v) is 8.81. The molecule has 50 heavy (non-hydrogen) atoms. The van der Waals surface area contributed by atoms with Crippen LogP contribution < -0.4 is 9.80 Å². The quantitative estimate of drug-likeness (QED) is 0.192. The number of benzene rings is 4. The maximum absolute atomic E-state index is 2.21. The summed E-state index contributed by atoms with van der Waals surface area (Å²) in [6.45, 7) is 0. The molecule has 0 aliphatic heterocycles. The standard InChI is InChI=1S/2C23H25N2/c2*1-24(2)21-14-10-19(11-15-21)23(18-8-6-5-7-9-18)20-12-16-22(17-13-20)25(3)4/h2*5-17H,1-4H3/q2*+1. The summed E-state index contributed by atoms with van der Waals surface area (Å²) < 4.78 is 4.25. The Morgan fingerprint density at radius 3 is 0.900 bits per heavy atom. The van der Waals surface area contributed by atoms with Crippen LogP contribution in [0.25, 0.3) is 11.1 Å². The summed E-state index contributed by atoms with van der Waals surface area (Å²) in [5.74, 6) is 0. The number of nitrogens with zero attached hydrogens (tertiary/aromatic N) is 4. The van der Waals surface area contributed by atoms with Crippen molar-refractivity contribution >= 4 is 33.9 Å². The van der Waals surface area contributed by atoms with Crippen LogP contribution in [0.15, 0.2) is 169 Å². The Balaban J connectivity index is 0.000000194. The van der Waals surface area contributed by atoms with E-state index in [9.17, 15) is 0 Å². The Labute approximate surface area is 299 Å². The molecule has 2 aliphatic rings.